The Morgan fingerprint density at radius 2 is 1.90 bits per heavy atom. The van der Waals surface area contributed by atoms with Crippen LogP contribution in [0.4, 0.5) is 13.2 Å². The fourth-order valence-electron chi connectivity index (χ4n) is 3.83. The van der Waals surface area contributed by atoms with Crippen LogP contribution in [0.2, 0.25) is 0 Å². The van der Waals surface area contributed by atoms with Gasteiger partial charge in [0.05, 0.1) is 16.8 Å². The van der Waals surface area contributed by atoms with Crippen LogP contribution in [0.25, 0.3) is 5.69 Å². The lowest BCUT2D eigenvalue weighted by Crippen LogP contribution is -2.37. The summed E-state index contributed by atoms with van der Waals surface area (Å²) in [5, 5.41) is 0. The van der Waals surface area contributed by atoms with Crippen molar-refractivity contribution in [1.29, 1.82) is 0 Å². The standard InChI is InChI=1S/C23H25F3N4O/c1-22(2,3)21-27-19-9-11-29(14-18(19)20(31)28-21)13-17-8-5-10-30(17)16-7-4-6-15(12-16)23(24,25)26/h4-8,10,12H,9,11,13-14H2,1-3H3,(H,27,28,31). The van der Waals surface area contributed by atoms with Crippen molar-refractivity contribution >= 4 is 0 Å². The second-order valence-corrected chi connectivity index (χ2v) is 8.97. The Labute approximate surface area is 178 Å². The number of hydrogen-bond acceptors (Lipinski definition) is 3. The Morgan fingerprint density at radius 1 is 1.13 bits per heavy atom. The zero-order chi connectivity index (χ0) is 22.4. The summed E-state index contributed by atoms with van der Waals surface area (Å²) in [4.78, 5) is 22.4. The van der Waals surface area contributed by atoms with Crippen LogP contribution in [0.5, 0.6) is 0 Å². The highest BCUT2D eigenvalue weighted by Gasteiger charge is 2.31. The van der Waals surface area contributed by atoms with Crippen molar-refractivity contribution < 1.29 is 13.2 Å². The Kier molecular flexibility index (Phi) is 5.29. The van der Waals surface area contributed by atoms with E-state index in [1.54, 1.807) is 16.8 Å². The molecule has 8 heteroatoms. The van der Waals surface area contributed by atoms with Gasteiger partial charge in [-0.15, -0.1) is 0 Å². The van der Waals surface area contributed by atoms with Gasteiger partial charge >= 0.3 is 6.18 Å². The first-order chi connectivity index (χ1) is 14.5. The first kappa shape index (κ1) is 21.4. The molecule has 1 aliphatic rings. The molecule has 0 atom stereocenters. The molecule has 31 heavy (non-hydrogen) atoms. The van der Waals surface area contributed by atoms with Gasteiger partial charge in [-0.3, -0.25) is 9.69 Å². The highest BCUT2D eigenvalue weighted by atomic mass is 19.4. The molecule has 0 unspecified atom stereocenters. The molecule has 0 bridgehead atoms. The first-order valence-corrected chi connectivity index (χ1v) is 10.2. The molecule has 164 valence electrons. The van der Waals surface area contributed by atoms with Crippen LogP contribution >= 0.6 is 0 Å². The molecular formula is C23H25F3N4O. The van der Waals surface area contributed by atoms with Gasteiger partial charge in [0.25, 0.3) is 5.56 Å². The first-order valence-electron chi connectivity index (χ1n) is 10.2. The number of nitrogens with zero attached hydrogens (tertiary/aromatic N) is 3. The Hall–Kier alpha value is -2.87. The monoisotopic (exact) mass is 430 g/mol. The van der Waals surface area contributed by atoms with Crippen LogP contribution < -0.4 is 5.56 Å². The number of nitrogens with one attached hydrogen (secondary N) is 1. The molecule has 0 amide bonds. The molecule has 3 aromatic rings. The lowest BCUT2D eigenvalue weighted by molar-refractivity contribution is -0.137. The Morgan fingerprint density at radius 3 is 2.61 bits per heavy atom. The summed E-state index contributed by atoms with van der Waals surface area (Å²) in [7, 11) is 0. The molecule has 1 aliphatic heterocycles. The van der Waals surface area contributed by atoms with Gasteiger partial charge in [-0.25, -0.2) is 4.98 Å². The second kappa shape index (κ2) is 7.67. The molecule has 5 nitrogen and oxygen atoms in total. The summed E-state index contributed by atoms with van der Waals surface area (Å²) in [6.45, 7) is 7.72. The van der Waals surface area contributed by atoms with E-state index in [0.717, 1.165) is 30.1 Å². The summed E-state index contributed by atoms with van der Waals surface area (Å²) in [6.07, 6.45) is -1.97. The molecular weight excluding hydrogens is 405 g/mol. The minimum absolute atomic E-state index is 0.118. The van der Waals surface area contributed by atoms with Gasteiger partial charge in [0, 0.05) is 49.0 Å². The maximum atomic E-state index is 13.1. The molecule has 4 rings (SSSR count). The predicted octanol–water partition coefficient (Wildman–Crippen LogP) is 4.44. The number of halogens is 3. The maximum Gasteiger partial charge on any atom is 0.416 e. The predicted molar refractivity (Wildman–Crippen MR) is 112 cm³/mol. The summed E-state index contributed by atoms with van der Waals surface area (Å²) < 4.78 is 41.1. The van der Waals surface area contributed by atoms with Gasteiger partial charge < -0.3 is 9.55 Å². The molecule has 0 saturated heterocycles. The largest absolute Gasteiger partial charge is 0.416 e. The Bertz CT molecular complexity index is 1150. The van der Waals surface area contributed by atoms with Crippen LogP contribution in [-0.2, 0) is 31.1 Å². The SMILES string of the molecule is CC(C)(C)c1nc2c(c(=O)[nH]1)CN(Cc1cccn1-c1cccc(C(F)(F)F)c1)CC2. The molecule has 1 aromatic carbocycles. The fraction of sp³-hybridized carbons (Fsp3) is 0.391. The van der Waals surface area contributed by atoms with Crippen molar-refractivity contribution in [2.75, 3.05) is 6.54 Å². The van der Waals surface area contributed by atoms with Gasteiger partial charge in [0.2, 0.25) is 0 Å². The molecule has 0 saturated carbocycles. The molecule has 3 heterocycles. The van der Waals surface area contributed by atoms with Crippen LogP contribution in [0, 0.1) is 0 Å². The number of hydrogen-bond donors (Lipinski definition) is 1. The number of aromatic nitrogens is 3. The van der Waals surface area contributed by atoms with E-state index in [1.807, 2.05) is 32.9 Å². The highest BCUT2D eigenvalue weighted by Crippen LogP contribution is 2.31. The minimum Gasteiger partial charge on any atom is -0.320 e. The molecule has 2 aromatic heterocycles. The van der Waals surface area contributed by atoms with Crippen molar-refractivity contribution in [2.45, 2.75) is 51.9 Å². The van der Waals surface area contributed by atoms with E-state index < -0.39 is 11.7 Å². The number of benzene rings is 1. The smallest absolute Gasteiger partial charge is 0.320 e. The van der Waals surface area contributed by atoms with E-state index in [4.69, 9.17) is 0 Å². The summed E-state index contributed by atoms with van der Waals surface area (Å²) in [5.41, 5.74) is 1.78. The molecule has 0 fully saturated rings. The van der Waals surface area contributed by atoms with Crippen molar-refractivity contribution in [1.82, 2.24) is 19.4 Å². The molecule has 0 radical (unpaired) electrons. The third kappa shape index (κ3) is 4.44. The fourth-order valence-corrected chi connectivity index (χ4v) is 3.83. The van der Waals surface area contributed by atoms with Gasteiger partial charge in [0.15, 0.2) is 0 Å². The average molecular weight is 430 g/mol. The van der Waals surface area contributed by atoms with Crippen molar-refractivity contribution in [3.8, 4) is 5.69 Å². The summed E-state index contributed by atoms with van der Waals surface area (Å²) in [6, 6.07) is 9.00. The zero-order valence-electron chi connectivity index (χ0n) is 17.8. The number of alkyl halides is 3. The molecule has 1 N–H and O–H groups in total. The van der Waals surface area contributed by atoms with Crippen molar-refractivity contribution in [3.05, 3.63) is 81.3 Å². The number of rotatable bonds is 3. The van der Waals surface area contributed by atoms with Crippen LogP contribution in [0.15, 0.2) is 47.4 Å². The third-order valence-electron chi connectivity index (χ3n) is 5.53. The van der Waals surface area contributed by atoms with E-state index in [9.17, 15) is 18.0 Å². The summed E-state index contributed by atoms with van der Waals surface area (Å²) in [5.74, 6) is 0.683. The van der Waals surface area contributed by atoms with E-state index in [1.165, 1.54) is 6.07 Å². The van der Waals surface area contributed by atoms with Crippen molar-refractivity contribution in [3.63, 3.8) is 0 Å². The van der Waals surface area contributed by atoms with Crippen molar-refractivity contribution in [2.24, 2.45) is 0 Å². The van der Waals surface area contributed by atoms with Crippen LogP contribution in [-0.4, -0.2) is 26.0 Å². The molecule has 0 aliphatic carbocycles. The van der Waals surface area contributed by atoms with Gasteiger partial charge in [-0.05, 0) is 30.3 Å². The second-order valence-electron chi connectivity index (χ2n) is 8.97. The van der Waals surface area contributed by atoms with Crippen LogP contribution in [0.3, 0.4) is 0 Å². The number of H-pyrrole nitrogens is 1. The quantitative estimate of drug-likeness (QED) is 0.669. The van der Waals surface area contributed by atoms with Gasteiger partial charge in [-0.1, -0.05) is 26.8 Å². The number of aromatic amines is 1. The number of fused-ring (bicyclic) bond motifs is 1. The summed E-state index contributed by atoms with van der Waals surface area (Å²) >= 11 is 0. The van der Waals surface area contributed by atoms with E-state index >= 15 is 0 Å². The van der Waals surface area contributed by atoms with Gasteiger partial charge in [0.1, 0.15) is 5.82 Å². The maximum absolute atomic E-state index is 13.1. The molecule has 0 spiro atoms. The Balaban J connectivity index is 1.57. The third-order valence-corrected chi connectivity index (χ3v) is 5.53. The van der Waals surface area contributed by atoms with E-state index in [0.29, 0.717) is 36.6 Å². The average Bonchev–Trinajstić information content (AvgIpc) is 3.15. The van der Waals surface area contributed by atoms with E-state index in [2.05, 4.69) is 14.9 Å². The highest BCUT2D eigenvalue weighted by molar-refractivity contribution is 5.39. The van der Waals surface area contributed by atoms with Gasteiger partial charge in [-0.2, -0.15) is 13.2 Å². The zero-order valence-corrected chi connectivity index (χ0v) is 17.8. The lowest BCUT2D eigenvalue weighted by Gasteiger charge is -2.29. The normalized spacial score (nSPS) is 15.2. The lowest BCUT2D eigenvalue weighted by atomic mass is 9.95. The van der Waals surface area contributed by atoms with E-state index in [-0.39, 0.29) is 11.0 Å². The minimum atomic E-state index is -4.39. The topological polar surface area (TPSA) is 53.9 Å². The van der Waals surface area contributed by atoms with Crippen LogP contribution in [0.1, 0.15) is 49.1 Å².